The molecule has 45 heavy (non-hydrogen) atoms. The van der Waals surface area contributed by atoms with E-state index in [4.69, 9.17) is 11.6 Å². The second kappa shape index (κ2) is 13.6. The van der Waals surface area contributed by atoms with E-state index >= 15 is 4.39 Å². The average molecular weight is 665 g/mol. The van der Waals surface area contributed by atoms with Crippen LogP contribution in [0.4, 0.5) is 43.9 Å². The SMILES string of the molecule is CCCCCCc1ccc(-c2cc(F)c(-c3cc(F)c(C(F)(F)Oc4cc(F)c(OC(F)(F)F)c(F)c4)c(F)c3)c(Cl)c2)cc1. The van der Waals surface area contributed by atoms with Crippen LogP contribution in [0.25, 0.3) is 22.3 Å². The molecule has 4 aromatic rings. The number of halogens is 11. The summed E-state index contributed by atoms with van der Waals surface area (Å²) < 4.78 is 147. The van der Waals surface area contributed by atoms with Crippen molar-refractivity contribution in [3.05, 3.63) is 106 Å². The molecule has 0 radical (unpaired) electrons. The van der Waals surface area contributed by atoms with Gasteiger partial charge < -0.3 is 9.47 Å². The molecule has 0 fully saturated rings. The number of aryl methyl sites for hydroxylation is 1. The van der Waals surface area contributed by atoms with Crippen molar-refractivity contribution in [2.45, 2.75) is 51.5 Å². The smallest absolute Gasteiger partial charge is 0.429 e. The van der Waals surface area contributed by atoms with Crippen LogP contribution >= 0.6 is 11.6 Å². The van der Waals surface area contributed by atoms with Crippen LogP contribution in [0.5, 0.6) is 11.5 Å². The minimum atomic E-state index is -5.51. The lowest BCUT2D eigenvalue weighted by atomic mass is 9.97. The highest BCUT2D eigenvalue weighted by Gasteiger charge is 2.42. The summed E-state index contributed by atoms with van der Waals surface area (Å²) in [5.41, 5.74) is -1.02. The molecule has 2 nitrogen and oxygen atoms in total. The van der Waals surface area contributed by atoms with Gasteiger partial charge in [-0.05, 0) is 59.4 Å². The molecular weight excluding hydrogens is 642 g/mol. The summed E-state index contributed by atoms with van der Waals surface area (Å²) in [5, 5.41) is -0.282. The molecule has 0 aliphatic heterocycles. The Morgan fingerprint density at radius 3 is 1.73 bits per heavy atom. The summed E-state index contributed by atoms with van der Waals surface area (Å²) in [4.78, 5) is 0. The molecule has 0 spiro atoms. The lowest BCUT2D eigenvalue weighted by molar-refractivity contribution is -0.276. The van der Waals surface area contributed by atoms with Crippen molar-refractivity contribution in [1.29, 1.82) is 0 Å². The molecule has 4 aromatic carbocycles. The van der Waals surface area contributed by atoms with E-state index in [0.717, 1.165) is 43.7 Å². The van der Waals surface area contributed by atoms with Gasteiger partial charge in [0.25, 0.3) is 0 Å². The standard InChI is InChI=1S/C32H23ClF10O2/c1-2-3-4-5-6-17-7-9-18(10-8-17)19-11-22(33)28(23(34)12-19)20-13-24(35)29(25(36)14-20)31(39,40)44-21-15-26(37)30(27(38)16-21)45-32(41,42)43/h7-16H,2-6H2,1H3. The van der Waals surface area contributed by atoms with E-state index in [1.165, 1.54) is 6.07 Å². The molecule has 0 saturated heterocycles. The fraction of sp³-hybridized carbons (Fsp3) is 0.250. The van der Waals surface area contributed by atoms with E-state index in [-0.39, 0.29) is 17.2 Å². The quantitative estimate of drug-likeness (QED) is 0.117. The van der Waals surface area contributed by atoms with Gasteiger partial charge in [0.1, 0.15) is 28.8 Å². The first-order valence-corrected chi connectivity index (χ1v) is 13.9. The van der Waals surface area contributed by atoms with Crippen molar-refractivity contribution < 1.29 is 53.4 Å². The van der Waals surface area contributed by atoms with E-state index in [1.807, 2.05) is 12.1 Å². The van der Waals surface area contributed by atoms with E-state index in [9.17, 15) is 39.5 Å². The lowest BCUT2D eigenvalue weighted by Crippen LogP contribution is -2.25. The Morgan fingerprint density at radius 2 is 1.20 bits per heavy atom. The predicted molar refractivity (Wildman–Crippen MR) is 148 cm³/mol. The van der Waals surface area contributed by atoms with Crippen LogP contribution in [0.3, 0.4) is 0 Å². The maximum atomic E-state index is 15.2. The first-order valence-electron chi connectivity index (χ1n) is 13.5. The van der Waals surface area contributed by atoms with Gasteiger partial charge in [-0.25, -0.2) is 22.0 Å². The minimum absolute atomic E-state index is 0.0971. The Morgan fingerprint density at radius 1 is 0.622 bits per heavy atom. The molecule has 0 atom stereocenters. The minimum Gasteiger partial charge on any atom is -0.429 e. The second-order valence-electron chi connectivity index (χ2n) is 10.0. The third-order valence-corrected chi connectivity index (χ3v) is 7.00. The molecular formula is C32H23ClF10O2. The highest BCUT2D eigenvalue weighted by atomic mass is 35.5. The average Bonchev–Trinajstić information content (AvgIpc) is 2.92. The molecule has 0 N–H and O–H groups in total. The first kappa shape index (κ1) is 34.0. The fourth-order valence-electron chi connectivity index (χ4n) is 4.64. The highest BCUT2D eigenvalue weighted by molar-refractivity contribution is 6.33. The van der Waals surface area contributed by atoms with Crippen LogP contribution in [-0.4, -0.2) is 6.36 Å². The van der Waals surface area contributed by atoms with Gasteiger partial charge in [-0.2, -0.15) is 8.78 Å². The molecule has 0 amide bonds. The van der Waals surface area contributed by atoms with Crippen molar-refractivity contribution >= 4 is 11.6 Å². The van der Waals surface area contributed by atoms with Crippen molar-refractivity contribution in [3.63, 3.8) is 0 Å². The predicted octanol–water partition coefficient (Wildman–Crippen LogP) is 11.5. The summed E-state index contributed by atoms with van der Waals surface area (Å²) in [7, 11) is 0. The summed E-state index contributed by atoms with van der Waals surface area (Å²) in [6, 6.07) is 10.2. The van der Waals surface area contributed by atoms with Crippen LogP contribution in [0, 0.1) is 29.1 Å². The Balaban J connectivity index is 1.59. The largest absolute Gasteiger partial charge is 0.573 e. The zero-order chi connectivity index (χ0) is 33.1. The summed E-state index contributed by atoms with van der Waals surface area (Å²) in [5.74, 6) is -12.4. The number of hydrogen-bond donors (Lipinski definition) is 0. The number of hydrogen-bond acceptors (Lipinski definition) is 2. The van der Waals surface area contributed by atoms with E-state index in [0.29, 0.717) is 23.3 Å². The Bertz CT molecular complexity index is 1600. The molecule has 0 aliphatic rings. The third-order valence-electron chi connectivity index (χ3n) is 6.71. The Kier molecular flexibility index (Phi) is 10.3. The van der Waals surface area contributed by atoms with Gasteiger partial charge in [0.15, 0.2) is 11.6 Å². The van der Waals surface area contributed by atoms with Crippen LogP contribution in [0.2, 0.25) is 5.02 Å². The molecule has 240 valence electrons. The number of unbranched alkanes of at least 4 members (excludes halogenated alkanes) is 3. The number of rotatable bonds is 11. The molecule has 4 rings (SSSR count). The molecule has 0 aliphatic carbocycles. The maximum Gasteiger partial charge on any atom is 0.573 e. The lowest BCUT2D eigenvalue weighted by Gasteiger charge is -2.21. The molecule has 13 heteroatoms. The summed E-state index contributed by atoms with van der Waals surface area (Å²) >= 11 is 6.26. The maximum absolute atomic E-state index is 15.2. The molecule has 0 bridgehead atoms. The molecule has 0 heterocycles. The normalized spacial score (nSPS) is 12.0. The Labute approximate surface area is 256 Å². The van der Waals surface area contributed by atoms with E-state index < -0.39 is 69.7 Å². The van der Waals surface area contributed by atoms with Crippen molar-refractivity contribution in [2.24, 2.45) is 0 Å². The Hall–Kier alpha value is -3.93. The van der Waals surface area contributed by atoms with E-state index in [2.05, 4.69) is 16.4 Å². The van der Waals surface area contributed by atoms with Gasteiger partial charge in [-0.1, -0.05) is 62.1 Å². The van der Waals surface area contributed by atoms with Gasteiger partial charge in [-0.3, -0.25) is 0 Å². The highest BCUT2D eigenvalue weighted by Crippen LogP contribution is 2.41. The number of benzene rings is 4. The summed E-state index contributed by atoms with van der Waals surface area (Å²) in [6.07, 6.45) is -5.19. The van der Waals surface area contributed by atoms with E-state index in [1.54, 1.807) is 12.1 Å². The second-order valence-corrected chi connectivity index (χ2v) is 10.4. The van der Waals surface area contributed by atoms with Crippen molar-refractivity contribution in [1.82, 2.24) is 0 Å². The first-order chi connectivity index (χ1) is 21.1. The van der Waals surface area contributed by atoms with Gasteiger partial charge in [-0.15, -0.1) is 13.2 Å². The monoisotopic (exact) mass is 664 g/mol. The number of ether oxygens (including phenoxy) is 2. The van der Waals surface area contributed by atoms with Gasteiger partial charge >= 0.3 is 12.5 Å². The van der Waals surface area contributed by atoms with Gasteiger partial charge in [0, 0.05) is 17.7 Å². The van der Waals surface area contributed by atoms with Crippen molar-refractivity contribution in [2.75, 3.05) is 0 Å². The third kappa shape index (κ3) is 8.22. The molecule has 0 aromatic heterocycles. The summed E-state index contributed by atoms with van der Waals surface area (Å²) in [6.45, 7) is 2.11. The fourth-order valence-corrected chi connectivity index (χ4v) is 4.96. The number of alkyl halides is 5. The molecule has 0 unspecified atom stereocenters. The van der Waals surface area contributed by atoms with Gasteiger partial charge in [0.05, 0.1) is 5.02 Å². The zero-order valence-electron chi connectivity index (χ0n) is 23.3. The zero-order valence-corrected chi connectivity index (χ0v) is 24.0. The topological polar surface area (TPSA) is 18.5 Å². The van der Waals surface area contributed by atoms with Crippen LogP contribution < -0.4 is 9.47 Å². The van der Waals surface area contributed by atoms with Crippen molar-refractivity contribution in [3.8, 4) is 33.8 Å². The van der Waals surface area contributed by atoms with Crippen LogP contribution in [-0.2, 0) is 12.5 Å². The van der Waals surface area contributed by atoms with Gasteiger partial charge in [0.2, 0.25) is 5.75 Å². The van der Waals surface area contributed by atoms with Crippen LogP contribution in [0.15, 0.2) is 60.7 Å². The molecule has 0 saturated carbocycles. The van der Waals surface area contributed by atoms with Crippen LogP contribution in [0.1, 0.15) is 43.7 Å².